The van der Waals surface area contributed by atoms with E-state index in [0.717, 1.165) is 22.2 Å². The minimum atomic E-state index is -4.56. The zero-order valence-corrected chi connectivity index (χ0v) is 13.3. The fourth-order valence-electron chi connectivity index (χ4n) is 2.93. The van der Waals surface area contributed by atoms with Crippen molar-refractivity contribution in [3.63, 3.8) is 0 Å². The lowest BCUT2D eigenvalue weighted by Crippen LogP contribution is -2.16. The number of para-hydroxylation sites is 1. The van der Waals surface area contributed by atoms with Crippen molar-refractivity contribution in [1.29, 1.82) is 0 Å². The predicted octanol–water partition coefficient (Wildman–Crippen LogP) is 5.86. The van der Waals surface area contributed by atoms with Crippen LogP contribution in [0.1, 0.15) is 16.1 Å². The number of alkyl halides is 3. The summed E-state index contributed by atoms with van der Waals surface area (Å²) >= 11 is 0. The first kappa shape index (κ1) is 16.2. The molecule has 0 atom stereocenters. The first-order valence-electron chi connectivity index (χ1n) is 7.82. The van der Waals surface area contributed by atoms with E-state index in [2.05, 4.69) is 5.32 Å². The number of nitrogens with one attached hydrogen (secondary N) is 1. The number of halogens is 3. The van der Waals surface area contributed by atoms with Gasteiger partial charge in [-0.05, 0) is 35.0 Å². The average Bonchev–Trinajstić information content (AvgIpc) is 3.06. The second-order valence-corrected chi connectivity index (χ2v) is 5.81. The van der Waals surface area contributed by atoms with Crippen LogP contribution in [0, 0.1) is 0 Å². The Balaban J connectivity index is 1.73. The SMILES string of the molecule is O=C(Nc1ccccc1C(F)(F)F)c1cc2c(ccc3ccccc32)o1. The second-order valence-electron chi connectivity index (χ2n) is 5.81. The van der Waals surface area contributed by atoms with Crippen LogP contribution < -0.4 is 5.32 Å². The Morgan fingerprint density at radius 3 is 2.42 bits per heavy atom. The molecule has 130 valence electrons. The number of benzene rings is 3. The molecule has 6 heteroatoms. The molecule has 3 nitrogen and oxygen atoms in total. The van der Waals surface area contributed by atoms with Crippen LogP contribution in [-0.2, 0) is 6.18 Å². The van der Waals surface area contributed by atoms with Gasteiger partial charge in [-0.3, -0.25) is 4.79 Å². The third-order valence-corrected chi connectivity index (χ3v) is 4.13. The van der Waals surface area contributed by atoms with Gasteiger partial charge in [0.05, 0.1) is 11.3 Å². The molecular formula is C20H12F3NO2. The van der Waals surface area contributed by atoms with Crippen molar-refractivity contribution >= 4 is 33.3 Å². The first-order valence-corrected chi connectivity index (χ1v) is 7.82. The Kier molecular flexibility index (Phi) is 3.68. The highest BCUT2D eigenvalue weighted by atomic mass is 19.4. The molecule has 0 fully saturated rings. The van der Waals surface area contributed by atoms with E-state index in [1.54, 1.807) is 12.1 Å². The third kappa shape index (κ3) is 2.79. The van der Waals surface area contributed by atoms with E-state index in [0.29, 0.717) is 5.58 Å². The number of furan rings is 1. The molecule has 0 spiro atoms. The maximum absolute atomic E-state index is 13.1. The van der Waals surface area contributed by atoms with Crippen LogP contribution in [0.2, 0.25) is 0 Å². The predicted molar refractivity (Wildman–Crippen MR) is 93.1 cm³/mol. The molecule has 0 saturated carbocycles. The van der Waals surface area contributed by atoms with Gasteiger partial charge in [-0.2, -0.15) is 13.2 Å². The van der Waals surface area contributed by atoms with Crippen LogP contribution in [0.4, 0.5) is 18.9 Å². The molecule has 1 heterocycles. The molecule has 3 aromatic carbocycles. The lowest BCUT2D eigenvalue weighted by Gasteiger charge is -2.12. The minimum Gasteiger partial charge on any atom is -0.451 e. The van der Waals surface area contributed by atoms with E-state index in [9.17, 15) is 18.0 Å². The Morgan fingerprint density at radius 1 is 0.885 bits per heavy atom. The molecule has 0 radical (unpaired) electrons. The third-order valence-electron chi connectivity index (χ3n) is 4.13. The van der Waals surface area contributed by atoms with Gasteiger partial charge in [-0.1, -0.05) is 42.5 Å². The summed E-state index contributed by atoms with van der Waals surface area (Å²) in [6.07, 6.45) is -4.56. The Bertz CT molecular complexity index is 1130. The largest absolute Gasteiger partial charge is 0.451 e. The minimum absolute atomic E-state index is 0.0478. The molecule has 0 bridgehead atoms. The Labute approximate surface area is 146 Å². The van der Waals surface area contributed by atoms with Crippen molar-refractivity contribution in [2.45, 2.75) is 6.18 Å². The fraction of sp³-hybridized carbons (Fsp3) is 0.0500. The molecular weight excluding hydrogens is 343 g/mol. The maximum atomic E-state index is 13.1. The summed E-state index contributed by atoms with van der Waals surface area (Å²) in [7, 11) is 0. The van der Waals surface area contributed by atoms with Crippen LogP contribution in [0.5, 0.6) is 0 Å². The number of hydrogen-bond acceptors (Lipinski definition) is 2. The van der Waals surface area contributed by atoms with Crippen LogP contribution in [0.15, 0.2) is 71.1 Å². The van der Waals surface area contributed by atoms with Crippen LogP contribution in [-0.4, -0.2) is 5.91 Å². The maximum Gasteiger partial charge on any atom is 0.418 e. The molecule has 26 heavy (non-hydrogen) atoms. The lowest BCUT2D eigenvalue weighted by atomic mass is 10.1. The van der Waals surface area contributed by atoms with Gasteiger partial charge in [0.2, 0.25) is 0 Å². The van der Waals surface area contributed by atoms with Crippen molar-refractivity contribution in [1.82, 2.24) is 0 Å². The van der Waals surface area contributed by atoms with Crippen LogP contribution in [0.3, 0.4) is 0 Å². The lowest BCUT2D eigenvalue weighted by molar-refractivity contribution is -0.136. The van der Waals surface area contributed by atoms with Crippen molar-refractivity contribution in [2.75, 3.05) is 5.32 Å². The Morgan fingerprint density at radius 2 is 1.62 bits per heavy atom. The highest BCUT2D eigenvalue weighted by Gasteiger charge is 2.33. The molecule has 0 aliphatic heterocycles. The second kappa shape index (κ2) is 5.91. The molecule has 4 rings (SSSR count). The van der Waals surface area contributed by atoms with Gasteiger partial charge in [0.1, 0.15) is 5.58 Å². The number of anilines is 1. The number of hydrogen-bond donors (Lipinski definition) is 1. The summed E-state index contributed by atoms with van der Waals surface area (Å²) in [5, 5.41) is 4.91. The highest BCUT2D eigenvalue weighted by molar-refractivity contribution is 6.11. The van der Waals surface area contributed by atoms with E-state index < -0.39 is 17.6 Å². The molecule has 4 aromatic rings. The standard InChI is InChI=1S/C20H12F3NO2/c21-20(22,23)15-7-3-4-8-16(15)24-19(25)18-11-14-13-6-2-1-5-12(13)9-10-17(14)26-18/h1-11H,(H,24,25). The highest BCUT2D eigenvalue weighted by Crippen LogP contribution is 2.35. The number of rotatable bonds is 2. The normalized spacial score (nSPS) is 11.8. The monoisotopic (exact) mass is 355 g/mol. The number of amides is 1. The van der Waals surface area contributed by atoms with E-state index in [1.807, 2.05) is 30.3 Å². The topological polar surface area (TPSA) is 42.2 Å². The summed E-state index contributed by atoms with van der Waals surface area (Å²) in [6.45, 7) is 0. The van der Waals surface area contributed by atoms with E-state index in [-0.39, 0.29) is 11.4 Å². The van der Waals surface area contributed by atoms with E-state index in [4.69, 9.17) is 4.42 Å². The van der Waals surface area contributed by atoms with Gasteiger partial charge in [-0.25, -0.2) is 0 Å². The number of fused-ring (bicyclic) bond motifs is 3. The molecule has 0 aliphatic rings. The van der Waals surface area contributed by atoms with Gasteiger partial charge < -0.3 is 9.73 Å². The van der Waals surface area contributed by atoms with Crippen molar-refractivity contribution < 1.29 is 22.4 Å². The summed E-state index contributed by atoms with van der Waals surface area (Å²) < 4.78 is 44.7. The van der Waals surface area contributed by atoms with Crippen LogP contribution >= 0.6 is 0 Å². The van der Waals surface area contributed by atoms with E-state index in [1.165, 1.54) is 18.2 Å². The molecule has 1 aromatic heterocycles. The van der Waals surface area contributed by atoms with Gasteiger partial charge in [-0.15, -0.1) is 0 Å². The zero-order chi connectivity index (χ0) is 18.3. The van der Waals surface area contributed by atoms with Crippen molar-refractivity contribution in [3.8, 4) is 0 Å². The van der Waals surface area contributed by atoms with Crippen molar-refractivity contribution in [2.24, 2.45) is 0 Å². The molecule has 0 unspecified atom stereocenters. The summed E-state index contributed by atoms with van der Waals surface area (Å²) in [5.41, 5.74) is -0.719. The number of carbonyl (C=O) groups is 1. The fourth-order valence-corrected chi connectivity index (χ4v) is 2.93. The molecule has 1 N–H and O–H groups in total. The van der Waals surface area contributed by atoms with Gasteiger partial charge >= 0.3 is 6.18 Å². The van der Waals surface area contributed by atoms with Gasteiger partial charge in [0.25, 0.3) is 5.91 Å². The Hall–Kier alpha value is -3.28. The smallest absolute Gasteiger partial charge is 0.418 e. The molecule has 0 saturated heterocycles. The van der Waals surface area contributed by atoms with Crippen LogP contribution in [0.25, 0.3) is 21.7 Å². The van der Waals surface area contributed by atoms with Gasteiger partial charge in [0.15, 0.2) is 5.76 Å². The van der Waals surface area contributed by atoms with E-state index >= 15 is 0 Å². The quantitative estimate of drug-likeness (QED) is 0.489. The average molecular weight is 355 g/mol. The zero-order valence-electron chi connectivity index (χ0n) is 13.3. The summed E-state index contributed by atoms with van der Waals surface area (Å²) in [5.74, 6) is -0.782. The van der Waals surface area contributed by atoms with Gasteiger partial charge in [0, 0.05) is 5.39 Å². The summed E-state index contributed by atoms with van der Waals surface area (Å²) in [4.78, 5) is 12.4. The van der Waals surface area contributed by atoms with Crippen molar-refractivity contribution in [3.05, 3.63) is 78.1 Å². The number of carbonyl (C=O) groups excluding carboxylic acids is 1. The molecule has 0 aliphatic carbocycles. The first-order chi connectivity index (χ1) is 12.4. The molecule has 1 amide bonds. The summed E-state index contributed by atoms with van der Waals surface area (Å²) in [6, 6.07) is 17.6.